The van der Waals surface area contributed by atoms with Gasteiger partial charge in [-0.2, -0.15) is 0 Å². The topological polar surface area (TPSA) is 21.3 Å². The molecule has 0 spiro atoms. The molecule has 0 aliphatic carbocycles. The lowest BCUT2D eigenvalue weighted by atomic mass is 10.1. The van der Waals surface area contributed by atoms with Gasteiger partial charge in [-0.1, -0.05) is 15.9 Å². The van der Waals surface area contributed by atoms with E-state index in [-0.39, 0.29) is 0 Å². The Kier molecular flexibility index (Phi) is 3.36. The Morgan fingerprint density at radius 3 is 3.10 bits per heavy atom. The molecule has 4 rings (SSSR count). The first kappa shape index (κ1) is 13.2. The summed E-state index contributed by atoms with van der Waals surface area (Å²) in [6.07, 6.45) is 1.00. The first-order valence-electron chi connectivity index (χ1n) is 6.95. The number of hydrogen-bond acceptors (Lipinski definition) is 3. The molecule has 21 heavy (non-hydrogen) atoms. The summed E-state index contributed by atoms with van der Waals surface area (Å²) in [6.45, 7) is 1.57. The molecule has 1 aliphatic heterocycles. The van der Waals surface area contributed by atoms with Gasteiger partial charge in [-0.25, -0.2) is 0 Å². The van der Waals surface area contributed by atoms with Crippen LogP contribution in [0.15, 0.2) is 46.3 Å². The highest BCUT2D eigenvalue weighted by atomic mass is 79.9. The number of ether oxygens (including phenoxy) is 1. The Labute approximate surface area is 135 Å². The maximum atomic E-state index is 5.77. The van der Waals surface area contributed by atoms with Gasteiger partial charge in [0.25, 0.3) is 0 Å². The zero-order chi connectivity index (χ0) is 14.2. The van der Waals surface area contributed by atoms with Crippen LogP contribution in [0.5, 0.6) is 5.75 Å². The molecule has 2 nitrogen and oxygen atoms in total. The first-order valence-corrected chi connectivity index (χ1v) is 8.62. The van der Waals surface area contributed by atoms with Gasteiger partial charge in [0.2, 0.25) is 0 Å². The lowest BCUT2D eigenvalue weighted by molar-refractivity contribution is 0.354. The van der Waals surface area contributed by atoms with E-state index in [0.29, 0.717) is 0 Å². The van der Waals surface area contributed by atoms with Crippen LogP contribution in [-0.4, -0.2) is 6.61 Å². The highest BCUT2D eigenvalue weighted by Gasteiger charge is 2.17. The van der Waals surface area contributed by atoms with E-state index < -0.39 is 0 Å². The Balaban J connectivity index is 1.59. The second-order valence-corrected chi connectivity index (χ2v) is 7.04. The number of nitrogens with one attached hydrogen (secondary N) is 1. The second kappa shape index (κ2) is 5.35. The molecule has 3 aromatic rings. The molecule has 1 aromatic heterocycles. The van der Waals surface area contributed by atoms with Crippen molar-refractivity contribution in [1.82, 2.24) is 0 Å². The van der Waals surface area contributed by atoms with E-state index in [1.54, 1.807) is 11.3 Å². The van der Waals surface area contributed by atoms with Crippen LogP contribution in [0.1, 0.15) is 11.1 Å². The fourth-order valence-corrected chi connectivity index (χ4v) is 4.07. The van der Waals surface area contributed by atoms with Crippen LogP contribution in [-0.2, 0) is 13.0 Å². The van der Waals surface area contributed by atoms with Gasteiger partial charge in [0.05, 0.1) is 6.61 Å². The van der Waals surface area contributed by atoms with E-state index in [1.807, 2.05) is 0 Å². The molecule has 0 unspecified atom stereocenters. The van der Waals surface area contributed by atoms with E-state index >= 15 is 0 Å². The van der Waals surface area contributed by atoms with Gasteiger partial charge in [-0.3, -0.25) is 0 Å². The van der Waals surface area contributed by atoms with E-state index in [9.17, 15) is 0 Å². The number of hydrogen-bond donors (Lipinski definition) is 1. The van der Waals surface area contributed by atoms with E-state index in [0.717, 1.165) is 35.5 Å². The molecule has 1 N–H and O–H groups in total. The van der Waals surface area contributed by atoms with Crippen molar-refractivity contribution >= 4 is 43.0 Å². The fraction of sp³-hybridized carbons (Fsp3) is 0.176. The maximum Gasteiger partial charge on any atom is 0.127 e. The standard InChI is InChI=1S/C17H14BrNOS/c18-14-7-12-3-5-20-17(12)13(8-14)10-19-15-1-2-16-11(9-15)4-6-21-16/h1-2,4,6-9,19H,3,5,10H2. The molecule has 106 valence electrons. The van der Waals surface area contributed by atoms with Gasteiger partial charge in [0, 0.05) is 33.4 Å². The summed E-state index contributed by atoms with van der Waals surface area (Å²) in [5, 5.41) is 6.92. The normalized spacial score (nSPS) is 13.2. The third-order valence-electron chi connectivity index (χ3n) is 3.76. The van der Waals surface area contributed by atoms with Crippen molar-refractivity contribution in [1.29, 1.82) is 0 Å². The highest BCUT2D eigenvalue weighted by molar-refractivity contribution is 9.10. The lowest BCUT2D eigenvalue weighted by Gasteiger charge is -2.11. The average Bonchev–Trinajstić information content (AvgIpc) is 3.12. The maximum absolute atomic E-state index is 5.77. The van der Waals surface area contributed by atoms with Crippen molar-refractivity contribution in [2.75, 3.05) is 11.9 Å². The zero-order valence-electron chi connectivity index (χ0n) is 11.4. The van der Waals surface area contributed by atoms with Gasteiger partial charge in [0.1, 0.15) is 5.75 Å². The number of halogens is 1. The van der Waals surface area contributed by atoms with Crippen molar-refractivity contribution in [2.45, 2.75) is 13.0 Å². The van der Waals surface area contributed by atoms with Crippen LogP contribution in [0.2, 0.25) is 0 Å². The molecule has 0 saturated heterocycles. The Bertz CT molecular complexity index is 812. The van der Waals surface area contributed by atoms with Crippen LogP contribution in [0, 0.1) is 0 Å². The lowest BCUT2D eigenvalue weighted by Crippen LogP contribution is -2.01. The zero-order valence-corrected chi connectivity index (χ0v) is 13.8. The summed E-state index contributed by atoms with van der Waals surface area (Å²) in [4.78, 5) is 0. The quantitative estimate of drug-likeness (QED) is 0.692. The number of rotatable bonds is 3. The number of thiophene rings is 1. The predicted molar refractivity (Wildman–Crippen MR) is 92.5 cm³/mol. The first-order chi connectivity index (χ1) is 10.3. The SMILES string of the molecule is Brc1cc2c(c(CNc3ccc4sccc4c3)c1)OCC2. The fourth-order valence-electron chi connectivity index (χ4n) is 2.75. The summed E-state index contributed by atoms with van der Waals surface area (Å²) in [6, 6.07) is 13.0. The molecular formula is C17H14BrNOS. The molecular weight excluding hydrogens is 346 g/mol. The van der Waals surface area contributed by atoms with Crippen molar-refractivity contribution in [2.24, 2.45) is 0 Å². The summed E-state index contributed by atoms with van der Waals surface area (Å²) >= 11 is 5.36. The van der Waals surface area contributed by atoms with Gasteiger partial charge in [-0.05, 0) is 52.7 Å². The minimum absolute atomic E-state index is 0.775. The van der Waals surface area contributed by atoms with Crippen LogP contribution >= 0.6 is 27.3 Å². The van der Waals surface area contributed by atoms with Crippen LogP contribution < -0.4 is 10.1 Å². The van der Waals surface area contributed by atoms with Crippen molar-refractivity contribution in [3.05, 3.63) is 57.4 Å². The van der Waals surface area contributed by atoms with Gasteiger partial charge >= 0.3 is 0 Å². The van der Waals surface area contributed by atoms with Gasteiger partial charge < -0.3 is 10.1 Å². The minimum Gasteiger partial charge on any atom is -0.493 e. The van der Waals surface area contributed by atoms with Crippen LogP contribution in [0.25, 0.3) is 10.1 Å². The highest BCUT2D eigenvalue weighted by Crippen LogP contribution is 2.33. The molecule has 2 aromatic carbocycles. The summed E-state index contributed by atoms with van der Waals surface area (Å²) in [5.74, 6) is 1.06. The summed E-state index contributed by atoms with van der Waals surface area (Å²) < 4.78 is 8.22. The average molecular weight is 360 g/mol. The van der Waals surface area contributed by atoms with Crippen LogP contribution in [0.4, 0.5) is 5.69 Å². The molecule has 1 aliphatic rings. The van der Waals surface area contributed by atoms with Crippen molar-refractivity contribution in [3.63, 3.8) is 0 Å². The Morgan fingerprint density at radius 1 is 1.19 bits per heavy atom. The summed E-state index contributed by atoms with van der Waals surface area (Å²) in [7, 11) is 0. The van der Waals surface area contributed by atoms with E-state index in [4.69, 9.17) is 4.74 Å². The largest absolute Gasteiger partial charge is 0.493 e. The third kappa shape index (κ3) is 2.54. The smallest absolute Gasteiger partial charge is 0.127 e. The molecule has 0 saturated carbocycles. The summed E-state index contributed by atoms with van der Waals surface area (Å²) in [5.41, 5.74) is 3.66. The molecule has 0 radical (unpaired) electrons. The van der Waals surface area contributed by atoms with E-state index in [1.165, 1.54) is 21.2 Å². The third-order valence-corrected chi connectivity index (χ3v) is 5.12. The van der Waals surface area contributed by atoms with Crippen molar-refractivity contribution < 1.29 is 4.74 Å². The molecule has 0 fully saturated rings. The molecule has 2 heterocycles. The van der Waals surface area contributed by atoms with Gasteiger partial charge in [-0.15, -0.1) is 11.3 Å². The molecule has 0 atom stereocenters. The van der Waals surface area contributed by atoms with E-state index in [2.05, 4.69) is 63.0 Å². The Morgan fingerprint density at radius 2 is 2.14 bits per heavy atom. The predicted octanol–water partition coefficient (Wildman–Crippen LogP) is 5.21. The second-order valence-electron chi connectivity index (χ2n) is 5.18. The van der Waals surface area contributed by atoms with Gasteiger partial charge in [0.15, 0.2) is 0 Å². The molecule has 0 bridgehead atoms. The number of anilines is 1. The number of benzene rings is 2. The monoisotopic (exact) mass is 359 g/mol. The van der Waals surface area contributed by atoms with Crippen molar-refractivity contribution in [3.8, 4) is 5.75 Å². The molecule has 0 amide bonds. The number of fused-ring (bicyclic) bond motifs is 2. The minimum atomic E-state index is 0.775. The van der Waals surface area contributed by atoms with Crippen LogP contribution in [0.3, 0.4) is 0 Å². The Hall–Kier alpha value is -1.52. The molecule has 4 heteroatoms.